The van der Waals surface area contributed by atoms with Gasteiger partial charge in [-0.25, -0.2) is 0 Å². The molecule has 0 aliphatic heterocycles. The van der Waals surface area contributed by atoms with Gasteiger partial charge in [0.05, 0.1) is 6.10 Å². The van der Waals surface area contributed by atoms with Crippen LogP contribution in [0.15, 0.2) is 0 Å². The molecule has 1 aliphatic rings. The fourth-order valence-corrected chi connectivity index (χ4v) is 5.57. The van der Waals surface area contributed by atoms with Crippen LogP contribution in [-0.2, 0) is 0 Å². The zero-order chi connectivity index (χ0) is 18.7. The van der Waals surface area contributed by atoms with Crippen molar-refractivity contribution in [1.29, 1.82) is 0 Å². The fourth-order valence-electron chi connectivity index (χ4n) is 4.17. The van der Waals surface area contributed by atoms with E-state index < -0.39 is 0 Å². The van der Waals surface area contributed by atoms with Crippen molar-refractivity contribution in [3.05, 3.63) is 0 Å². The molecule has 0 bridgehead atoms. The first-order valence-corrected chi connectivity index (χ1v) is 13.2. The molecule has 1 fully saturated rings. The number of unbranched alkanes of at least 4 members (excludes halogenated alkanes) is 15. The lowest BCUT2D eigenvalue weighted by molar-refractivity contribution is 0.133. The van der Waals surface area contributed by atoms with Crippen LogP contribution in [0.25, 0.3) is 0 Å². The second kappa shape index (κ2) is 18.7. The first kappa shape index (κ1) is 24.3. The average molecular weight is 385 g/mol. The summed E-state index contributed by atoms with van der Waals surface area (Å²) in [5, 5.41) is 10.5. The molecule has 0 aromatic heterocycles. The molecule has 0 saturated heterocycles. The Kier molecular flexibility index (Phi) is 17.5. The van der Waals surface area contributed by atoms with E-state index in [1.807, 2.05) is 0 Å². The monoisotopic (exact) mass is 384 g/mol. The summed E-state index contributed by atoms with van der Waals surface area (Å²) < 4.78 is 0. The lowest BCUT2D eigenvalue weighted by Crippen LogP contribution is -2.21. The van der Waals surface area contributed by atoms with Crippen LogP contribution in [0.2, 0.25) is 0 Å². The Hall–Kier alpha value is 0.310. The Morgan fingerprint density at radius 1 is 0.654 bits per heavy atom. The molecule has 0 aromatic carbocycles. The molecule has 1 saturated carbocycles. The van der Waals surface area contributed by atoms with Crippen molar-refractivity contribution >= 4 is 11.8 Å². The van der Waals surface area contributed by atoms with Crippen molar-refractivity contribution in [2.45, 2.75) is 147 Å². The molecular weight excluding hydrogens is 336 g/mol. The summed E-state index contributed by atoms with van der Waals surface area (Å²) >= 11 is 2.13. The molecule has 2 atom stereocenters. The van der Waals surface area contributed by atoms with Gasteiger partial charge in [0.25, 0.3) is 0 Å². The largest absolute Gasteiger partial charge is 0.393 e. The van der Waals surface area contributed by atoms with Crippen molar-refractivity contribution in [3.8, 4) is 0 Å². The number of thioether (sulfide) groups is 1. The Morgan fingerprint density at radius 2 is 1.12 bits per heavy atom. The minimum absolute atomic E-state index is 0.00737. The maximum Gasteiger partial charge on any atom is 0.0550 e. The molecule has 156 valence electrons. The Morgan fingerprint density at radius 3 is 1.58 bits per heavy atom. The van der Waals surface area contributed by atoms with Crippen molar-refractivity contribution in [3.63, 3.8) is 0 Å². The number of rotatable bonds is 18. The number of hydrogen-bond donors (Lipinski definition) is 1. The predicted molar refractivity (Wildman–Crippen MR) is 120 cm³/mol. The Bertz CT molecular complexity index is 281. The summed E-state index contributed by atoms with van der Waals surface area (Å²) in [6.07, 6.45) is 27.8. The number of hydrogen-bond acceptors (Lipinski definition) is 2. The van der Waals surface area contributed by atoms with Gasteiger partial charge in [-0.1, -0.05) is 103 Å². The summed E-state index contributed by atoms with van der Waals surface area (Å²) in [5.41, 5.74) is 0. The van der Waals surface area contributed by atoms with Gasteiger partial charge in [-0.3, -0.25) is 0 Å². The number of aliphatic hydroxyl groups excluding tert-OH is 1. The maximum absolute atomic E-state index is 9.71. The Labute approximate surface area is 169 Å². The third kappa shape index (κ3) is 15.4. The van der Waals surface area contributed by atoms with Crippen LogP contribution in [0.3, 0.4) is 0 Å². The van der Waals surface area contributed by atoms with Crippen molar-refractivity contribution in [1.82, 2.24) is 0 Å². The van der Waals surface area contributed by atoms with Crippen LogP contribution in [0.1, 0.15) is 135 Å². The fraction of sp³-hybridized carbons (Fsp3) is 1.00. The van der Waals surface area contributed by atoms with E-state index in [1.54, 1.807) is 0 Å². The molecule has 0 spiro atoms. The highest BCUT2D eigenvalue weighted by Gasteiger charge is 2.19. The van der Waals surface area contributed by atoms with E-state index in [0.29, 0.717) is 0 Å². The highest BCUT2D eigenvalue weighted by molar-refractivity contribution is 7.99. The van der Waals surface area contributed by atoms with Crippen LogP contribution < -0.4 is 0 Å². The molecular formula is C24H48OS. The third-order valence-corrected chi connectivity index (χ3v) is 7.37. The minimum atomic E-state index is -0.00737. The highest BCUT2D eigenvalue weighted by atomic mass is 32.2. The smallest absolute Gasteiger partial charge is 0.0550 e. The summed E-state index contributed by atoms with van der Waals surface area (Å²) in [6.45, 7) is 2.30. The van der Waals surface area contributed by atoms with Gasteiger partial charge >= 0.3 is 0 Å². The summed E-state index contributed by atoms with van der Waals surface area (Å²) in [6, 6.07) is 0. The first-order chi connectivity index (χ1) is 12.8. The molecule has 0 unspecified atom stereocenters. The molecule has 2 heteroatoms. The van der Waals surface area contributed by atoms with E-state index in [1.165, 1.54) is 121 Å². The molecule has 1 rings (SSSR count). The molecule has 26 heavy (non-hydrogen) atoms. The number of aliphatic hydroxyl groups is 1. The van der Waals surface area contributed by atoms with Crippen LogP contribution in [-0.4, -0.2) is 22.2 Å². The highest BCUT2D eigenvalue weighted by Crippen LogP contribution is 2.29. The van der Waals surface area contributed by atoms with Gasteiger partial charge < -0.3 is 5.11 Å². The quantitative estimate of drug-likeness (QED) is 0.240. The van der Waals surface area contributed by atoms with E-state index in [0.717, 1.165) is 18.1 Å². The lowest BCUT2D eigenvalue weighted by atomic mass is 9.97. The van der Waals surface area contributed by atoms with Crippen LogP contribution in [0, 0.1) is 0 Å². The van der Waals surface area contributed by atoms with E-state index in [4.69, 9.17) is 0 Å². The molecule has 1 nitrogen and oxygen atoms in total. The van der Waals surface area contributed by atoms with Crippen LogP contribution >= 0.6 is 11.8 Å². The lowest BCUT2D eigenvalue weighted by Gasteiger charge is -2.25. The Balaban J connectivity index is 1.68. The second-order valence-electron chi connectivity index (χ2n) is 8.62. The summed E-state index contributed by atoms with van der Waals surface area (Å²) in [5.74, 6) is 1.32. The van der Waals surface area contributed by atoms with E-state index in [9.17, 15) is 5.11 Å². The summed E-state index contributed by atoms with van der Waals surface area (Å²) in [7, 11) is 0. The second-order valence-corrected chi connectivity index (χ2v) is 10.0. The molecule has 0 radical (unpaired) electrons. The van der Waals surface area contributed by atoms with E-state index in [2.05, 4.69) is 18.7 Å². The SMILES string of the molecule is CCCCCCCCCCCCCCCCCCS[C@H]1CCC[C@H](O)C1. The molecule has 0 aromatic rings. The van der Waals surface area contributed by atoms with Crippen LogP contribution in [0.5, 0.6) is 0 Å². The zero-order valence-electron chi connectivity index (χ0n) is 17.9. The van der Waals surface area contributed by atoms with Gasteiger partial charge in [0.15, 0.2) is 0 Å². The first-order valence-electron chi connectivity index (χ1n) is 12.1. The van der Waals surface area contributed by atoms with Crippen molar-refractivity contribution < 1.29 is 5.11 Å². The average Bonchev–Trinajstić information content (AvgIpc) is 2.64. The topological polar surface area (TPSA) is 20.2 Å². The van der Waals surface area contributed by atoms with E-state index >= 15 is 0 Å². The van der Waals surface area contributed by atoms with Gasteiger partial charge in [-0.05, 0) is 37.9 Å². The zero-order valence-corrected chi connectivity index (χ0v) is 18.7. The van der Waals surface area contributed by atoms with Gasteiger partial charge in [0, 0.05) is 5.25 Å². The molecule has 1 aliphatic carbocycles. The van der Waals surface area contributed by atoms with Crippen molar-refractivity contribution in [2.24, 2.45) is 0 Å². The normalized spacial score (nSPS) is 20.5. The molecule has 0 heterocycles. The minimum Gasteiger partial charge on any atom is -0.393 e. The molecule has 1 N–H and O–H groups in total. The van der Waals surface area contributed by atoms with Gasteiger partial charge in [-0.2, -0.15) is 11.8 Å². The van der Waals surface area contributed by atoms with Crippen LogP contribution in [0.4, 0.5) is 0 Å². The predicted octanol–water partition coefficient (Wildman–Crippen LogP) is 8.28. The van der Waals surface area contributed by atoms with E-state index in [-0.39, 0.29) is 6.10 Å². The third-order valence-electron chi connectivity index (χ3n) is 5.95. The van der Waals surface area contributed by atoms with Crippen molar-refractivity contribution in [2.75, 3.05) is 5.75 Å². The maximum atomic E-state index is 9.71. The van der Waals surface area contributed by atoms with Gasteiger partial charge in [0.2, 0.25) is 0 Å². The standard InChI is InChI=1S/C24H48OS/c1-2-3-4-5-6-7-8-9-10-11-12-13-14-15-16-17-21-26-24-20-18-19-23(25)22-24/h23-25H,2-22H2,1H3/t23-,24-/m0/s1. The summed E-state index contributed by atoms with van der Waals surface area (Å²) in [4.78, 5) is 0. The molecule has 0 amide bonds. The van der Waals surface area contributed by atoms with Gasteiger partial charge in [0.1, 0.15) is 0 Å². The van der Waals surface area contributed by atoms with Gasteiger partial charge in [-0.15, -0.1) is 0 Å².